The van der Waals surface area contributed by atoms with Crippen molar-refractivity contribution in [1.29, 1.82) is 0 Å². The van der Waals surface area contributed by atoms with Crippen molar-refractivity contribution in [1.82, 2.24) is 14.7 Å². The van der Waals surface area contributed by atoms with Gasteiger partial charge in [-0.15, -0.1) is 11.3 Å². The molecule has 3 aromatic rings. The SMILES string of the molecule is CCOC(=O)c1cc(-c2ccccc2)sc1NC(=S)N(C)Cc1cn(C)nc1C. The van der Waals surface area contributed by atoms with E-state index in [0.29, 0.717) is 28.8 Å². The maximum absolute atomic E-state index is 12.5. The number of hydrogen-bond acceptors (Lipinski definition) is 5. The number of aryl methyl sites for hydroxylation is 2. The van der Waals surface area contributed by atoms with Crippen LogP contribution in [-0.2, 0) is 18.3 Å². The largest absolute Gasteiger partial charge is 0.462 e. The van der Waals surface area contributed by atoms with E-state index < -0.39 is 0 Å². The van der Waals surface area contributed by atoms with Gasteiger partial charge in [-0.05, 0) is 37.7 Å². The second-order valence-electron chi connectivity index (χ2n) is 6.64. The van der Waals surface area contributed by atoms with E-state index in [-0.39, 0.29) is 5.97 Å². The zero-order chi connectivity index (χ0) is 21.0. The zero-order valence-electron chi connectivity index (χ0n) is 16.9. The fourth-order valence-corrected chi connectivity index (χ4v) is 4.19. The minimum Gasteiger partial charge on any atom is -0.462 e. The van der Waals surface area contributed by atoms with Crippen LogP contribution in [0.5, 0.6) is 0 Å². The lowest BCUT2D eigenvalue weighted by Gasteiger charge is -2.20. The number of anilines is 1. The van der Waals surface area contributed by atoms with Gasteiger partial charge in [0.1, 0.15) is 5.00 Å². The Morgan fingerprint density at radius 1 is 1.34 bits per heavy atom. The standard InChI is InChI=1S/C21H24N4O2S2/c1-5-27-20(26)17-11-18(15-9-7-6-8-10-15)29-19(17)22-21(28)24(3)12-16-13-25(4)23-14(16)2/h6-11,13H,5,12H2,1-4H3,(H,22,28). The molecule has 0 atom stereocenters. The van der Waals surface area contributed by atoms with E-state index in [1.54, 1.807) is 11.6 Å². The Balaban J connectivity index is 1.82. The lowest BCUT2D eigenvalue weighted by atomic mass is 10.1. The van der Waals surface area contributed by atoms with Gasteiger partial charge in [0, 0.05) is 37.3 Å². The average molecular weight is 429 g/mol. The van der Waals surface area contributed by atoms with Gasteiger partial charge in [-0.1, -0.05) is 30.3 Å². The molecular formula is C21H24N4O2S2. The summed E-state index contributed by atoms with van der Waals surface area (Å²) in [7, 11) is 3.81. The van der Waals surface area contributed by atoms with Gasteiger partial charge in [-0.2, -0.15) is 5.10 Å². The summed E-state index contributed by atoms with van der Waals surface area (Å²) in [5.41, 5.74) is 3.60. The first-order chi connectivity index (χ1) is 13.9. The minimum absolute atomic E-state index is 0.319. The van der Waals surface area contributed by atoms with Gasteiger partial charge in [0.05, 0.1) is 17.9 Å². The van der Waals surface area contributed by atoms with Crippen molar-refractivity contribution in [2.24, 2.45) is 7.05 Å². The molecule has 0 spiro atoms. The average Bonchev–Trinajstić information content (AvgIpc) is 3.25. The van der Waals surface area contributed by atoms with Gasteiger partial charge < -0.3 is 15.0 Å². The molecule has 0 fully saturated rings. The van der Waals surface area contributed by atoms with Crippen molar-refractivity contribution in [3.63, 3.8) is 0 Å². The number of thiocarbonyl (C=S) groups is 1. The Bertz CT molecular complexity index is 1010. The van der Waals surface area contributed by atoms with E-state index >= 15 is 0 Å². The summed E-state index contributed by atoms with van der Waals surface area (Å²) in [6, 6.07) is 11.8. The first-order valence-corrected chi connectivity index (χ1v) is 10.5. The summed E-state index contributed by atoms with van der Waals surface area (Å²) in [4.78, 5) is 15.4. The van der Waals surface area contributed by atoms with Gasteiger partial charge in [-0.25, -0.2) is 4.79 Å². The summed E-state index contributed by atoms with van der Waals surface area (Å²) in [5, 5.41) is 8.81. The molecule has 1 N–H and O–H groups in total. The second-order valence-corrected chi connectivity index (χ2v) is 8.08. The molecule has 0 saturated carbocycles. The first kappa shape index (κ1) is 21.0. The van der Waals surface area contributed by atoms with E-state index in [4.69, 9.17) is 17.0 Å². The lowest BCUT2D eigenvalue weighted by molar-refractivity contribution is 0.0528. The molecule has 3 rings (SSSR count). The van der Waals surface area contributed by atoms with Crippen LogP contribution in [0.25, 0.3) is 10.4 Å². The molecule has 0 radical (unpaired) electrons. The van der Waals surface area contributed by atoms with E-state index in [1.165, 1.54) is 11.3 Å². The summed E-state index contributed by atoms with van der Waals surface area (Å²) < 4.78 is 7.02. The summed E-state index contributed by atoms with van der Waals surface area (Å²) in [5.74, 6) is -0.359. The molecule has 0 aliphatic carbocycles. The van der Waals surface area contributed by atoms with Crippen LogP contribution in [0.2, 0.25) is 0 Å². The number of benzene rings is 1. The minimum atomic E-state index is -0.359. The molecule has 0 amide bonds. The second kappa shape index (κ2) is 9.19. The lowest BCUT2D eigenvalue weighted by Crippen LogP contribution is -2.30. The predicted octanol–water partition coefficient (Wildman–Crippen LogP) is 4.46. The first-order valence-electron chi connectivity index (χ1n) is 9.26. The molecule has 0 unspecified atom stereocenters. The third-order valence-electron chi connectivity index (χ3n) is 4.38. The molecule has 0 saturated heterocycles. The molecule has 1 aromatic carbocycles. The van der Waals surface area contributed by atoms with E-state index in [9.17, 15) is 4.79 Å². The van der Waals surface area contributed by atoms with E-state index in [1.807, 2.05) is 68.5 Å². The van der Waals surface area contributed by atoms with Crippen molar-refractivity contribution in [3.8, 4) is 10.4 Å². The van der Waals surface area contributed by atoms with Crippen LogP contribution in [0.1, 0.15) is 28.5 Å². The third kappa shape index (κ3) is 5.02. The molecule has 29 heavy (non-hydrogen) atoms. The summed E-state index contributed by atoms with van der Waals surface area (Å²) in [6.07, 6.45) is 1.98. The van der Waals surface area contributed by atoms with Crippen LogP contribution in [0.3, 0.4) is 0 Å². The number of aromatic nitrogens is 2. The highest BCUT2D eigenvalue weighted by Gasteiger charge is 2.20. The quantitative estimate of drug-likeness (QED) is 0.462. The number of ether oxygens (including phenoxy) is 1. The van der Waals surface area contributed by atoms with Gasteiger partial charge >= 0.3 is 5.97 Å². The molecular weight excluding hydrogens is 404 g/mol. The fourth-order valence-electron chi connectivity index (χ4n) is 2.91. The zero-order valence-corrected chi connectivity index (χ0v) is 18.6. The fraction of sp³-hybridized carbons (Fsp3) is 0.286. The Kier molecular flexibility index (Phi) is 6.66. The number of nitrogens with one attached hydrogen (secondary N) is 1. The van der Waals surface area contributed by atoms with Crippen molar-refractivity contribution in [3.05, 3.63) is 59.4 Å². The maximum atomic E-state index is 12.5. The molecule has 8 heteroatoms. The summed E-state index contributed by atoms with van der Waals surface area (Å²) >= 11 is 7.07. The number of nitrogens with zero attached hydrogens (tertiary/aromatic N) is 3. The number of hydrogen-bond donors (Lipinski definition) is 1. The van der Waals surface area contributed by atoms with Crippen LogP contribution in [0, 0.1) is 6.92 Å². The molecule has 2 heterocycles. The molecule has 152 valence electrons. The van der Waals surface area contributed by atoms with E-state index in [2.05, 4.69) is 10.4 Å². The van der Waals surface area contributed by atoms with Crippen molar-refractivity contribution < 1.29 is 9.53 Å². The van der Waals surface area contributed by atoms with Crippen LogP contribution in [-0.4, -0.2) is 39.4 Å². The van der Waals surface area contributed by atoms with Crippen molar-refractivity contribution >= 4 is 39.6 Å². The molecule has 0 aliphatic heterocycles. The van der Waals surface area contributed by atoms with Crippen LogP contribution in [0.4, 0.5) is 5.00 Å². The Morgan fingerprint density at radius 3 is 2.69 bits per heavy atom. The normalized spacial score (nSPS) is 10.6. The van der Waals surface area contributed by atoms with E-state index in [0.717, 1.165) is 21.7 Å². The summed E-state index contributed by atoms with van der Waals surface area (Å²) in [6.45, 7) is 4.71. The van der Waals surface area contributed by atoms with Crippen molar-refractivity contribution in [2.45, 2.75) is 20.4 Å². The number of carbonyl (C=O) groups excluding carboxylic acids is 1. The topological polar surface area (TPSA) is 59.4 Å². The highest BCUT2D eigenvalue weighted by molar-refractivity contribution is 7.80. The smallest absolute Gasteiger partial charge is 0.341 e. The van der Waals surface area contributed by atoms with Crippen LogP contribution < -0.4 is 5.32 Å². The highest BCUT2D eigenvalue weighted by Crippen LogP contribution is 2.36. The Hall–Kier alpha value is -2.71. The highest BCUT2D eigenvalue weighted by atomic mass is 32.1. The predicted molar refractivity (Wildman–Crippen MR) is 121 cm³/mol. The monoisotopic (exact) mass is 428 g/mol. The molecule has 2 aromatic heterocycles. The van der Waals surface area contributed by atoms with Gasteiger partial charge in [0.25, 0.3) is 0 Å². The number of rotatable bonds is 6. The number of carbonyl (C=O) groups is 1. The molecule has 0 aliphatic rings. The molecule has 6 nitrogen and oxygen atoms in total. The number of esters is 1. The van der Waals surface area contributed by atoms with Crippen LogP contribution in [0.15, 0.2) is 42.6 Å². The van der Waals surface area contributed by atoms with Gasteiger partial charge in [-0.3, -0.25) is 4.68 Å². The molecule has 0 bridgehead atoms. The van der Waals surface area contributed by atoms with Crippen molar-refractivity contribution in [2.75, 3.05) is 19.0 Å². The Morgan fingerprint density at radius 2 is 2.07 bits per heavy atom. The Labute approximate surface area is 180 Å². The van der Waals surface area contributed by atoms with Crippen LogP contribution >= 0.6 is 23.6 Å². The maximum Gasteiger partial charge on any atom is 0.341 e. The number of thiophene rings is 1. The third-order valence-corrected chi connectivity index (χ3v) is 5.89. The van der Waals surface area contributed by atoms with Gasteiger partial charge in [0.15, 0.2) is 5.11 Å². The van der Waals surface area contributed by atoms with Gasteiger partial charge in [0.2, 0.25) is 0 Å².